The van der Waals surface area contributed by atoms with E-state index in [1.165, 1.54) is 0 Å². The molecule has 25 heavy (non-hydrogen) atoms. The van der Waals surface area contributed by atoms with E-state index in [1.807, 2.05) is 48.5 Å². The second kappa shape index (κ2) is 7.97. The average molecular weight is 335 g/mol. The van der Waals surface area contributed by atoms with Crippen LogP contribution in [0.1, 0.15) is 39.5 Å². The van der Waals surface area contributed by atoms with Gasteiger partial charge >= 0.3 is 0 Å². The van der Waals surface area contributed by atoms with Crippen LogP contribution in [-0.4, -0.2) is 15.9 Å². The van der Waals surface area contributed by atoms with Gasteiger partial charge in [0.1, 0.15) is 5.82 Å². The van der Waals surface area contributed by atoms with Crippen molar-refractivity contribution >= 4 is 22.6 Å². The Hall–Kier alpha value is -2.62. The first-order valence-electron chi connectivity index (χ1n) is 9.07. The number of nitrogens with zero attached hydrogens (tertiary/aromatic N) is 1. The Balaban J connectivity index is 1.78. The Morgan fingerprint density at radius 2 is 2.00 bits per heavy atom. The maximum atomic E-state index is 12.5. The van der Waals surface area contributed by atoms with Crippen LogP contribution in [0.3, 0.4) is 0 Å². The molecule has 2 aromatic carbocycles. The van der Waals surface area contributed by atoms with E-state index >= 15 is 0 Å². The number of aromatic nitrogens is 2. The zero-order chi connectivity index (χ0) is 17.6. The number of rotatable bonds is 7. The lowest BCUT2D eigenvalue weighted by Gasteiger charge is -2.15. The van der Waals surface area contributed by atoms with Gasteiger partial charge in [-0.3, -0.25) is 4.79 Å². The molecule has 3 aromatic rings. The number of hydrogen-bond acceptors (Lipinski definition) is 2. The predicted molar refractivity (Wildman–Crippen MR) is 103 cm³/mol. The number of imidazole rings is 1. The second-order valence-electron chi connectivity index (χ2n) is 6.42. The van der Waals surface area contributed by atoms with Crippen molar-refractivity contribution in [3.8, 4) is 11.4 Å². The van der Waals surface area contributed by atoms with Gasteiger partial charge < -0.3 is 10.3 Å². The first kappa shape index (κ1) is 17.2. The number of para-hydroxylation sites is 2. The van der Waals surface area contributed by atoms with Crippen molar-refractivity contribution in [3.63, 3.8) is 0 Å². The summed E-state index contributed by atoms with van der Waals surface area (Å²) in [4.78, 5) is 20.5. The largest absolute Gasteiger partial charge is 0.338 e. The Kier molecular flexibility index (Phi) is 5.49. The van der Waals surface area contributed by atoms with E-state index < -0.39 is 0 Å². The van der Waals surface area contributed by atoms with Crippen LogP contribution in [0.5, 0.6) is 0 Å². The highest BCUT2D eigenvalue weighted by atomic mass is 16.1. The lowest BCUT2D eigenvalue weighted by atomic mass is 9.98. The minimum atomic E-state index is 0.0785. The lowest BCUT2D eigenvalue weighted by Crippen LogP contribution is -2.22. The third-order valence-electron chi connectivity index (χ3n) is 4.56. The number of hydrogen-bond donors (Lipinski definition) is 2. The molecule has 1 unspecified atom stereocenters. The van der Waals surface area contributed by atoms with E-state index in [-0.39, 0.29) is 11.8 Å². The third kappa shape index (κ3) is 4.08. The number of carbonyl (C=O) groups is 1. The molecule has 1 aromatic heterocycles. The standard InChI is InChI=1S/C21H25N3O/c1-3-5-9-15(4-2)21(25)22-17-11-8-10-16(14-17)20-23-18-12-6-7-13-19(18)24-20/h6-8,10-15H,3-5,9H2,1-2H3,(H,22,25)(H,23,24). The summed E-state index contributed by atoms with van der Waals surface area (Å²) in [7, 11) is 0. The van der Waals surface area contributed by atoms with Gasteiger partial charge in [0.2, 0.25) is 5.91 Å². The summed E-state index contributed by atoms with van der Waals surface area (Å²) >= 11 is 0. The molecule has 0 aliphatic heterocycles. The van der Waals surface area contributed by atoms with E-state index in [0.717, 1.165) is 53.8 Å². The molecule has 130 valence electrons. The molecule has 0 radical (unpaired) electrons. The number of carbonyl (C=O) groups excluding carboxylic acids is 1. The monoisotopic (exact) mass is 335 g/mol. The van der Waals surface area contributed by atoms with Crippen molar-refractivity contribution in [3.05, 3.63) is 48.5 Å². The molecule has 0 fully saturated rings. The fourth-order valence-corrected chi connectivity index (χ4v) is 3.05. The average Bonchev–Trinajstić information content (AvgIpc) is 3.07. The molecule has 0 bridgehead atoms. The molecule has 0 aliphatic carbocycles. The first-order chi connectivity index (χ1) is 12.2. The van der Waals surface area contributed by atoms with Gasteiger partial charge in [-0.15, -0.1) is 0 Å². The SMILES string of the molecule is CCCCC(CC)C(=O)Nc1cccc(-c2nc3ccccc3[nH]2)c1. The maximum Gasteiger partial charge on any atom is 0.227 e. The number of aromatic amines is 1. The highest BCUT2D eigenvalue weighted by Gasteiger charge is 2.16. The van der Waals surface area contributed by atoms with Crippen LogP contribution < -0.4 is 5.32 Å². The van der Waals surface area contributed by atoms with E-state index in [9.17, 15) is 4.79 Å². The van der Waals surface area contributed by atoms with Crippen LogP contribution in [-0.2, 0) is 4.79 Å². The zero-order valence-corrected chi connectivity index (χ0v) is 14.9. The molecule has 0 spiro atoms. The normalized spacial score (nSPS) is 12.2. The highest BCUT2D eigenvalue weighted by molar-refractivity contribution is 5.93. The number of amides is 1. The second-order valence-corrected chi connectivity index (χ2v) is 6.42. The molecule has 4 nitrogen and oxygen atoms in total. The van der Waals surface area contributed by atoms with Gasteiger partial charge in [-0.05, 0) is 37.1 Å². The topological polar surface area (TPSA) is 57.8 Å². The van der Waals surface area contributed by atoms with Gasteiger partial charge in [0.15, 0.2) is 0 Å². The van der Waals surface area contributed by atoms with Crippen molar-refractivity contribution < 1.29 is 4.79 Å². The van der Waals surface area contributed by atoms with Crippen LogP contribution in [0.25, 0.3) is 22.4 Å². The summed E-state index contributed by atoms with van der Waals surface area (Å²) in [5.74, 6) is 1.00. The summed E-state index contributed by atoms with van der Waals surface area (Å²) in [6.07, 6.45) is 4.02. The minimum absolute atomic E-state index is 0.0785. The summed E-state index contributed by atoms with van der Waals surface area (Å²) in [6, 6.07) is 15.8. The molecular weight excluding hydrogens is 310 g/mol. The van der Waals surface area contributed by atoms with Gasteiger partial charge in [-0.2, -0.15) is 0 Å². The summed E-state index contributed by atoms with van der Waals surface area (Å²) in [6.45, 7) is 4.23. The molecule has 0 aliphatic rings. The van der Waals surface area contributed by atoms with Crippen molar-refractivity contribution in [2.24, 2.45) is 5.92 Å². The van der Waals surface area contributed by atoms with Crippen molar-refractivity contribution in [1.82, 2.24) is 9.97 Å². The fourth-order valence-electron chi connectivity index (χ4n) is 3.05. The van der Waals surface area contributed by atoms with Crippen LogP contribution in [0.2, 0.25) is 0 Å². The van der Waals surface area contributed by atoms with Crippen molar-refractivity contribution in [2.45, 2.75) is 39.5 Å². The summed E-state index contributed by atoms with van der Waals surface area (Å²) in [5.41, 5.74) is 3.74. The maximum absolute atomic E-state index is 12.5. The highest BCUT2D eigenvalue weighted by Crippen LogP contribution is 2.24. The molecule has 4 heteroatoms. The lowest BCUT2D eigenvalue weighted by molar-refractivity contribution is -0.120. The van der Waals surface area contributed by atoms with E-state index in [0.29, 0.717) is 0 Å². The van der Waals surface area contributed by atoms with Crippen LogP contribution in [0, 0.1) is 5.92 Å². The summed E-state index contributed by atoms with van der Waals surface area (Å²) < 4.78 is 0. The number of anilines is 1. The van der Waals surface area contributed by atoms with Crippen molar-refractivity contribution in [2.75, 3.05) is 5.32 Å². The predicted octanol–water partition coefficient (Wildman–Crippen LogP) is 5.38. The van der Waals surface area contributed by atoms with Crippen LogP contribution >= 0.6 is 0 Å². The summed E-state index contributed by atoms with van der Waals surface area (Å²) in [5, 5.41) is 3.07. The van der Waals surface area contributed by atoms with E-state index in [1.54, 1.807) is 0 Å². The number of unbranched alkanes of at least 4 members (excludes halogenated alkanes) is 1. The fraction of sp³-hybridized carbons (Fsp3) is 0.333. The Morgan fingerprint density at radius 1 is 1.16 bits per heavy atom. The molecule has 1 heterocycles. The quantitative estimate of drug-likeness (QED) is 0.608. The Labute approximate surface area is 148 Å². The van der Waals surface area contributed by atoms with Gasteiger partial charge in [0.05, 0.1) is 11.0 Å². The third-order valence-corrected chi connectivity index (χ3v) is 4.56. The molecular formula is C21H25N3O. The number of H-pyrrole nitrogens is 1. The van der Waals surface area contributed by atoms with Gasteiger partial charge in [-0.1, -0.05) is 51.0 Å². The van der Waals surface area contributed by atoms with E-state index in [4.69, 9.17) is 0 Å². The molecule has 1 amide bonds. The van der Waals surface area contributed by atoms with Gasteiger partial charge in [0.25, 0.3) is 0 Å². The van der Waals surface area contributed by atoms with Crippen LogP contribution in [0.4, 0.5) is 5.69 Å². The Bertz CT molecular complexity index is 820. The smallest absolute Gasteiger partial charge is 0.227 e. The molecule has 0 saturated heterocycles. The van der Waals surface area contributed by atoms with Crippen molar-refractivity contribution in [1.29, 1.82) is 0 Å². The van der Waals surface area contributed by atoms with E-state index in [2.05, 4.69) is 29.1 Å². The van der Waals surface area contributed by atoms with Gasteiger partial charge in [0, 0.05) is 17.2 Å². The Morgan fingerprint density at radius 3 is 2.76 bits per heavy atom. The first-order valence-corrected chi connectivity index (χ1v) is 9.07. The molecule has 3 rings (SSSR count). The molecule has 1 atom stereocenters. The molecule has 2 N–H and O–H groups in total. The van der Waals surface area contributed by atoms with Gasteiger partial charge in [-0.25, -0.2) is 4.98 Å². The number of benzene rings is 2. The van der Waals surface area contributed by atoms with Crippen LogP contribution in [0.15, 0.2) is 48.5 Å². The zero-order valence-electron chi connectivity index (χ0n) is 14.9. The minimum Gasteiger partial charge on any atom is -0.338 e. The molecule has 0 saturated carbocycles. The number of fused-ring (bicyclic) bond motifs is 1. The number of nitrogens with one attached hydrogen (secondary N) is 2.